The standard InChI is InChI=1S/C16H16FN3O5S/c1-10(2)19-26(24,25)13-5-3-4-11(8-13)16(21)18-15-9-12(20(22)23)6-7-14(15)17/h3-10,19H,1-2H3,(H,18,21). The first-order chi connectivity index (χ1) is 12.1. The van der Waals surface area contributed by atoms with E-state index in [2.05, 4.69) is 10.0 Å². The van der Waals surface area contributed by atoms with Gasteiger partial charge in [-0.2, -0.15) is 0 Å². The lowest BCUT2D eigenvalue weighted by Gasteiger charge is -2.11. The Bertz CT molecular complexity index is 960. The summed E-state index contributed by atoms with van der Waals surface area (Å²) in [7, 11) is -3.81. The van der Waals surface area contributed by atoms with Crippen LogP contribution in [0.1, 0.15) is 24.2 Å². The lowest BCUT2D eigenvalue weighted by Crippen LogP contribution is -2.30. The Kier molecular flexibility index (Phi) is 5.68. The Balaban J connectivity index is 2.30. The number of carbonyl (C=O) groups excluding carboxylic acids is 1. The summed E-state index contributed by atoms with van der Waals surface area (Å²) in [4.78, 5) is 22.2. The van der Waals surface area contributed by atoms with Crippen LogP contribution in [0.2, 0.25) is 0 Å². The van der Waals surface area contributed by atoms with E-state index in [0.29, 0.717) is 0 Å². The molecule has 0 aliphatic rings. The van der Waals surface area contributed by atoms with Gasteiger partial charge in [-0.05, 0) is 38.1 Å². The van der Waals surface area contributed by atoms with Gasteiger partial charge in [-0.15, -0.1) is 0 Å². The molecule has 0 radical (unpaired) electrons. The number of non-ortho nitro benzene ring substituents is 1. The number of sulfonamides is 1. The number of nitro benzene ring substituents is 1. The molecule has 10 heteroatoms. The third-order valence-corrected chi connectivity index (χ3v) is 4.86. The summed E-state index contributed by atoms with van der Waals surface area (Å²) in [5.74, 6) is -1.65. The first-order valence-corrected chi connectivity index (χ1v) is 8.96. The van der Waals surface area contributed by atoms with Crippen molar-refractivity contribution in [1.29, 1.82) is 0 Å². The first kappa shape index (κ1) is 19.5. The van der Waals surface area contributed by atoms with Crippen LogP contribution in [0.3, 0.4) is 0 Å². The number of anilines is 1. The highest BCUT2D eigenvalue weighted by Gasteiger charge is 2.18. The van der Waals surface area contributed by atoms with Crippen molar-refractivity contribution in [2.45, 2.75) is 24.8 Å². The smallest absolute Gasteiger partial charge is 0.271 e. The van der Waals surface area contributed by atoms with Gasteiger partial charge in [0.25, 0.3) is 11.6 Å². The second kappa shape index (κ2) is 7.58. The number of hydrogen-bond acceptors (Lipinski definition) is 5. The van der Waals surface area contributed by atoms with Gasteiger partial charge in [0.15, 0.2) is 0 Å². The molecule has 1 amide bonds. The fraction of sp³-hybridized carbons (Fsp3) is 0.188. The monoisotopic (exact) mass is 381 g/mol. The predicted octanol–water partition coefficient (Wildman–Crippen LogP) is 2.67. The minimum Gasteiger partial charge on any atom is -0.319 e. The zero-order valence-corrected chi connectivity index (χ0v) is 14.7. The van der Waals surface area contributed by atoms with Gasteiger partial charge in [0.05, 0.1) is 15.5 Å². The lowest BCUT2D eigenvalue weighted by molar-refractivity contribution is -0.384. The van der Waals surface area contributed by atoms with E-state index in [1.807, 2.05) is 0 Å². The number of nitrogens with one attached hydrogen (secondary N) is 2. The molecule has 0 aliphatic heterocycles. The van der Waals surface area contributed by atoms with Crippen LogP contribution in [0.25, 0.3) is 0 Å². The van der Waals surface area contributed by atoms with E-state index in [-0.39, 0.29) is 27.9 Å². The van der Waals surface area contributed by atoms with Crippen molar-refractivity contribution in [1.82, 2.24) is 4.72 Å². The molecule has 2 aromatic rings. The Labute approximate surface area is 149 Å². The van der Waals surface area contributed by atoms with Crippen LogP contribution in [0, 0.1) is 15.9 Å². The number of carbonyl (C=O) groups is 1. The molecule has 0 aromatic heterocycles. The van der Waals surface area contributed by atoms with Crippen LogP contribution in [0.15, 0.2) is 47.4 Å². The molecule has 0 fully saturated rings. The summed E-state index contributed by atoms with van der Waals surface area (Å²) in [5.41, 5.74) is -0.806. The number of nitro groups is 1. The fourth-order valence-electron chi connectivity index (χ4n) is 2.10. The maximum absolute atomic E-state index is 13.8. The number of halogens is 1. The molecule has 2 N–H and O–H groups in total. The summed E-state index contributed by atoms with van der Waals surface area (Å²) in [6.45, 7) is 3.30. The molecule has 0 aliphatic carbocycles. The highest BCUT2D eigenvalue weighted by molar-refractivity contribution is 7.89. The van der Waals surface area contributed by atoms with Crippen LogP contribution < -0.4 is 10.0 Å². The quantitative estimate of drug-likeness (QED) is 0.589. The highest BCUT2D eigenvalue weighted by Crippen LogP contribution is 2.22. The van der Waals surface area contributed by atoms with Gasteiger partial charge >= 0.3 is 0 Å². The summed E-state index contributed by atoms with van der Waals surface area (Å²) in [5, 5.41) is 13.0. The fourth-order valence-corrected chi connectivity index (χ4v) is 3.40. The molecule has 0 saturated carbocycles. The van der Waals surface area contributed by atoms with Gasteiger partial charge in [-0.1, -0.05) is 6.07 Å². The average molecular weight is 381 g/mol. The van der Waals surface area contributed by atoms with Crippen molar-refractivity contribution >= 4 is 27.3 Å². The minimum atomic E-state index is -3.81. The third-order valence-electron chi connectivity index (χ3n) is 3.21. The van der Waals surface area contributed by atoms with Crippen molar-refractivity contribution < 1.29 is 22.5 Å². The van der Waals surface area contributed by atoms with Crippen LogP contribution in [-0.2, 0) is 10.0 Å². The van der Waals surface area contributed by atoms with Crippen molar-refractivity contribution in [2.75, 3.05) is 5.32 Å². The zero-order chi connectivity index (χ0) is 19.5. The normalized spacial score (nSPS) is 11.4. The number of amides is 1. The molecule has 0 atom stereocenters. The second-order valence-electron chi connectivity index (χ2n) is 5.68. The first-order valence-electron chi connectivity index (χ1n) is 7.48. The summed E-state index contributed by atoms with van der Waals surface area (Å²) < 4.78 is 40.5. The van der Waals surface area contributed by atoms with Crippen molar-refractivity contribution in [3.8, 4) is 0 Å². The van der Waals surface area contributed by atoms with E-state index in [1.165, 1.54) is 18.2 Å². The van der Waals surface area contributed by atoms with E-state index in [4.69, 9.17) is 0 Å². The Morgan fingerprint density at radius 1 is 1.19 bits per heavy atom. The van der Waals surface area contributed by atoms with Crippen molar-refractivity contribution in [2.24, 2.45) is 0 Å². The van der Waals surface area contributed by atoms with Gasteiger partial charge in [0.1, 0.15) is 5.82 Å². The number of rotatable bonds is 6. The molecule has 0 heterocycles. The zero-order valence-electron chi connectivity index (χ0n) is 13.9. The predicted molar refractivity (Wildman–Crippen MR) is 92.9 cm³/mol. The van der Waals surface area contributed by atoms with E-state index in [0.717, 1.165) is 24.3 Å². The molecule has 138 valence electrons. The highest BCUT2D eigenvalue weighted by atomic mass is 32.2. The van der Waals surface area contributed by atoms with Crippen LogP contribution in [0.4, 0.5) is 15.8 Å². The second-order valence-corrected chi connectivity index (χ2v) is 7.39. The average Bonchev–Trinajstić information content (AvgIpc) is 2.55. The van der Waals surface area contributed by atoms with Gasteiger partial charge in [0, 0.05) is 23.7 Å². The Hall–Kier alpha value is -2.85. The summed E-state index contributed by atoms with van der Waals surface area (Å²) >= 11 is 0. The van der Waals surface area contributed by atoms with Crippen LogP contribution in [-0.4, -0.2) is 25.3 Å². The number of nitrogens with zero attached hydrogens (tertiary/aromatic N) is 1. The molecule has 0 spiro atoms. The van der Waals surface area contributed by atoms with Crippen molar-refractivity contribution in [3.05, 3.63) is 64.0 Å². The van der Waals surface area contributed by atoms with Gasteiger partial charge in [0.2, 0.25) is 10.0 Å². The molecule has 8 nitrogen and oxygen atoms in total. The molecule has 0 bridgehead atoms. The van der Waals surface area contributed by atoms with Gasteiger partial charge in [-0.3, -0.25) is 14.9 Å². The summed E-state index contributed by atoms with van der Waals surface area (Å²) in [6.07, 6.45) is 0. The topological polar surface area (TPSA) is 118 Å². The Morgan fingerprint density at radius 2 is 1.88 bits per heavy atom. The van der Waals surface area contributed by atoms with Gasteiger partial charge in [-0.25, -0.2) is 17.5 Å². The van der Waals surface area contributed by atoms with E-state index < -0.39 is 26.7 Å². The molecule has 2 rings (SSSR count). The molecule has 2 aromatic carbocycles. The molecule has 0 saturated heterocycles. The maximum atomic E-state index is 13.8. The largest absolute Gasteiger partial charge is 0.319 e. The third kappa shape index (κ3) is 4.61. The summed E-state index contributed by atoms with van der Waals surface area (Å²) in [6, 6.07) is 7.54. The van der Waals surface area contributed by atoms with Gasteiger partial charge < -0.3 is 5.32 Å². The van der Waals surface area contributed by atoms with E-state index in [9.17, 15) is 27.7 Å². The minimum absolute atomic E-state index is 0.0393. The molecule has 26 heavy (non-hydrogen) atoms. The van der Waals surface area contributed by atoms with E-state index in [1.54, 1.807) is 13.8 Å². The van der Waals surface area contributed by atoms with Crippen molar-refractivity contribution in [3.63, 3.8) is 0 Å². The molecular formula is C16H16FN3O5S. The SMILES string of the molecule is CC(C)NS(=O)(=O)c1cccc(C(=O)Nc2cc([N+](=O)[O-])ccc2F)c1. The van der Waals surface area contributed by atoms with Crippen LogP contribution >= 0.6 is 0 Å². The van der Waals surface area contributed by atoms with E-state index >= 15 is 0 Å². The maximum Gasteiger partial charge on any atom is 0.271 e. The number of hydrogen-bond donors (Lipinski definition) is 2. The number of benzene rings is 2. The van der Waals surface area contributed by atoms with Crippen LogP contribution in [0.5, 0.6) is 0 Å². The molecular weight excluding hydrogens is 365 g/mol. The lowest BCUT2D eigenvalue weighted by atomic mass is 10.2. The Morgan fingerprint density at radius 3 is 2.50 bits per heavy atom. The molecule has 0 unspecified atom stereocenters.